The molecule has 0 bridgehead atoms. The first-order valence-electron chi connectivity index (χ1n) is 7.77. The largest absolute Gasteiger partial charge is 0.358 e. The Morgan fingerprint density at radius 1 is 1.09 bits per heavy atom. The van der Waals surface area contributed by atoms with E-state index in [1.807, 2.05) is 26.0 Å². The van der Waals surface area contributed by atoms with Crippen molar-refractivity contribution in [1.82, 2.24) is 14.8 Å². The summed E-state index contributed by atoms with van der Waals surface area (Å²) in [5.41, 5.74) is 5.92. The van der Waals surface area contributed by atoms with Gasteiger partial charge in [-0.15, -0.1) is 0 Å². The van der Waals surface area contributed by atoms with Crippen LogP contribution in [-0.2, 0) is 11.2 Å². The number of fused-ring (bicyclic) bond motifs is 1. The topological polar surface area (TPSA) is 39.3 Å². The predicted octanol–water partition coefficient (Wildman–Crippen LogP) is 2.66. The second kappa shape index (κ2) is 6.53. The van der Waals surface area contributed by atoms with E-state index in [1.54, 1.807) is 0 Å². The molecule has 1 aromatic heterocycles. The summed E-state index contributed by atoms with van der Waals surface area (Å²) in [5, 5.41) is 1.18. The first kappa shape index (κ1) is 16.6. The lowest BCUT2D eigenvalue weighted by molar-refractivity contribution is -0.129. The normalized spacial score (nSPS) is 11.4. The minimum atomic E-state index is 0.170. The molecule has 1 amide bonds. The van der Waals surface area contributed by atoms with Crippen molar-refractivity contribution in [3.05, 3.63) is 34.5 Å². The molecule has 0 atom stereocenters. The molecule has 120 valence electrons. The van der Waals surface area contributed by atoms with Crippen molar-refractivity contribution in [3.8, 4) is 0 Å². The number of hydrogen-bond donors (Lipinski definition) is 1. The van der Waals surface area contributed by atoms with Gasteiger partial charge in [-0.1, -0.05) is 12.1 Å². The van der Waals surface area contributed by atoms with Gasteiger partial charge in [0, 0.05) is 36.7 Å². The van der Waals surface area contributed by atoms with E-state index in [2.05, 4.69) is 42.8 Å². The first-order valence-corrected chi connectivity index (χ1v) is 7.77. The van der Waals surface area contributed by atoms with Crippen LogP contribution >= 0.6 is 0 Å². The molecule has 22 heavy (non-hydrogen) atoms. The van der Waals surface area contributed by atoms with Crippen LogP contribution in [0.2, 0.25) is 0 Å². The van der Waals surface area contributed by atoms with Gasteiger partial charge in [0.2, 0.25) is 5.91 Å². The summed E-state index contributed by atoms with van der Waals surface area (Å²) in [7, 11) is 5.92. The van der Waals surface area contributed by atoms with E-state index in [9.17, 15) is 4.79 Å². The van der Waals surface area contributed by atoms with E-state index >= 15 is 0 Å². The van der Waals surface area contributed by atoms with Crippen molar-refractivity contribution >= 4 is 16.8 Å². The summed E-state index contributed by atoms with van der Waals surface area (Å²) in [4.78, 5) is 19.8. The van der Waals surface area contributed by atoms with Gasteiger partial charge in [0.1, 0.15) is 0 Å². The van der Waals surface area contributed by atoms with Gasteiger partial charge in [-0.3, -0.25) is 4.79 Å². The van der Waals surface area contributed by atoms with E-state index in [0.29, 0.717) is 6.42 Å². The van der Waals surface area contributed by atoms with Gasteiger partial charge in [0.15, 0.2) is 0 Å². The summed E-state index contributed by atoms with van der Waals surface area (Å²) in [5.74, 6) is 0.170. The van der Waals surface area contributed by atoms with Crippen molar-refractivity contribution in [2.45, 2.75) is 27.2 Å². The molecule has 0 aliphatic carbocycles. The zero-order valence-corrected chi connectivity index (χ0v) is 14.6. The lowest BCUT2D eigenvalue weighted by atomic mass is 10.0. The minimum absolute atomic E-state index is 0.170. The highest BCUT2D eigenvalue weighted by atomic mass is 16.2. The summed E-state index contributed by atoms with van der Waals surface area (Å²) in [6, 6.07) is 4.26. The number of nitrogens with zero attached hydrogens (tertiary/aromatic N) is 2. The molecule has 1 heterocycles. The second-order valence-electron chi connectivity index (χ2n) is 6.45. The fraction of sp³-hybridized carbons (Fsp3) is 0.500. The van der Waals surface area contributed by atoms with Gasteiger partial charge >= 0.3 is 0 Å². The Morgan fingerprint density at radius 3 is 2.41 bits per heavy atom. The second-order valence-corrected chi connectivity index (χ2v) is 6.45. The Bertz CT molecular complexity index is 685. The van der Waals surface area contributed by atoms with Crippen LogP contribution in [-0.4, -0.2) is 54.9 Å². The van der Waals surface area contributed by atoms with Gasteiger partial charge in [0.05, 0.1) is 6.42 Å². The predicted molar refractivity (Wildman–Crippen MR) is 92.4 cm³/mol. The number of nitrogens with one attached hydrogen (secondary N) is 1. The smallest absolute Gasteiger partial charge is 0.226 e. The van der Waals surface area contributed by atoms with Crippen LogP contribution in [0.3, 0.4) is 0 Å². The Kier molecular flexibility index (Phi) is 4.91. The van der Waals surface area contributed by atoms with Crippen molar-refractivity contribution in [2.24, 2.45) is 0 Å². The molecule has 0 fully saturated rings. The Balaban J connectivity index is 2.23. The SMILES string of the molecule is Cc1ccc2c(CC(=O)N(C)CCN(C)C)c(C)[nH]c2c1C. The van der Waals surface area contributed by atoms with E-state index in [0.717, 1.165) is 29.9 Å². The number of amides is 1. The monoisotopic (exact) mass is 301 g/mol. The highest BCUT2D eigenvalue weighted by Gasteiger charge is 2.16. The molecule has 0 saturated heterocycles. The van der Waals surface area contributed by atoms with Crippen molar-refractivity contribution in [3.63, 3.8) is 0 Å². The average molecular weight is 301 g/mol. The first-order chi connectivity index (χ1) is 10.3. The van der Waals surface area contributed by atoms with E-state index in [1.165, 1.54) is 16.5 Å². The quantitative estimate of drug-likeness (QED) is 0.922. The molecule has 1 N–H and O–H groups in total. The maximum atomic E-state index is 12.5. The zero-order chi connectivity index (χ0) is 16.4. The number of hydrogen-bond acceptors (Lipinski definition) is 2. The molecule has 2 rings (SSSR count). The molecule has 0 radical (unpaired) electrons. The number of carbonyl (C=O) groups excluding carboxylic acids is 1. The van der Waals surface area contributed by atoms with Crippen molar-refractivity contribution in [2.75, 3.05) is 34.2 Å². The van der Waals surface area contributed by atoms with Crippen LogP contribution in [0.25, 0.3) is 10.9 Å². The molecule has 0 unspecified atom stereocenters. The number of rotatable bonds is 5. The highest BCUT2D eigenvalue weighted by molar-refractivity contribution is 5.92. The summed E-state index contributed by atoms with van der Waals surface area (Å²) in [6.07, 6.45) is 0.457. The van der Waals surface area contributed by atoms with Gasteiger partial charge in [-0.2, -0.15) is 0 Å². The molecule has 0 aliphatic rings. The number of likely N-dealkylation sites (N-methyl/N-ethyl adjacent to an activating group) is 2. The van der Waals surface area contributed by atoms with Crippen molar-refractivity contribution in [1.29, 1.82) is 0 Å². The third-order valence-corrected chi connectivity index (χ3v) is 4.46. The Labute approximate surface area is 133 Å². The lowest BCUT2D eigenvalue weighted by Gasteiger charge is -2.19. The van der Waals surface area contributed by atoms with E-state index < -0.39 is 0 Å². The average Bonchev–Trinajstić information content (AvgIpc) is 2.77. The maximum Gasteiger partial charge on any atom is 0.226 e. The molecule has 0 saturated carbocycles. The van der Waals surface area contributed by atoms with Crippen LogP contribution in [0.1, 0.15) is 22.4 Å². The van der Waals surface area contributed by atoms with Gasteiger partial charge in [-0.25, -0.2) is 0 Å². The summed E-state index contributed by atoms with van der Waals surface area (Å²) < 4.78 is 0. The number of aryl methyl sites for hydroxylation is 3. The molecular formula is C18H27N3O. The Hall–Kier alpha value is -1.81. The zero-order valence-electron chi connectivity index (χ0n) is 14.6. The minimum Gasteiger partial charge on any atom is -0.358 e. The maximum absolute atomic E-state index is 12.5. The summed E-state index contributed by atoms with van der Waals surface area (Å²) in [6.45, 7) is 7.93. The fourth-order valence-corrected chi connectivity index (χ4v) is 2.68. The molecule has 1 aromatic carbocycles. The van der Waals surface area contributed by atoms with Crippen LogP contribution in [0, 0.1) is 20.8 Å². The highest BCUT2D eigenvalue weighted by Crippen LogP contribution is 2.27. The van der Waals surface area contributed by atoms with Crippen LogP contribution in [0.5, 0.6) is 0 Å². The van der Waals surface area contributed by atoms with Gasteiger partial charge < -0.3 is 14.8 Å². The number of H-pyrrole nitrogens is 1. The van der Waals surface area contributed by atoms with Crippen molar-refractivity contribution < 1.29 is 4.79 Å². The van der Waals surface area contributed by atoms with Gasteiger partial charge in [0.25, 0.3) is 0 Å². The molecule has 4 heteroatoms. The number of aromatic amines is 1. The van der Waals surface area contributed by atoms with Crippen LogP contribution in [0.15, 0.2) is 12.1 Å². The van der Waals surface area contributed by atoms with Gasteiger partial charge in [-0.05, 0) is 51.6 Å². The molecule has 0 spiro atoms. The third kappa shape index (κ3) is 3.33. The number of aromatic nitrogens is 1. The number of carbonyl (C=O) groups is 1. The molecule has 2 aromatic rings. The summed E-state index contributed by atoms with van der Waals surface area (Å²) >= 11 is 0. The Morgan fingerprint density at radius 2 is 1.77 bits per heavy atom. The van der Waals surface area contributed by atoms with Crippen LogP contribution < -0.4 is 0 Å². The van der Waals surface area contributed by atoms with E-state index in [-0.39, 0.29) is 5.91 Å². The molecule has 4 nitrogen and oxygen atoms in total. The van der Waals surface area contributed by atoms with E-state index in [4.69, 9.17) is 0 Å². The lowest BCUT2D eigenvalue weighted by Crippen LogP contribution is -2.34. The molecule has 0 aliphatic heterocycles. The molecular weight excluding hydrogens is 274 g/mol. The standard InChI is InChI=1S/C18H27N3O/c1-12-7-8-15-16(14(3)19-18(15)13(12)2)11-17(22)21(6)10-9-20(4)5/h7-8,19H,9-11H2,1-6H3. The fourth-order valence-electron chi connectivity index (χ4n) is 2.68. The van der Waals surface area contributed by atoms with Crippen LogP contribution in [0.4, 0.5) is 0 Å². The number of benzene rings is 1. The third-order valence-electron chi connectivity index (χ3n) is 4.46.